The monoisotopic (exact) mass is 254 g/mol. The Hall–Kier alpha value is -2.27. The summed E-state index contributed by atoms with van der Waals surface area (Å²) in [5.41, 5.74) is 1.92. The molecule has 5 heteroatoms. The number of hydrogen-bond donors (Lipinski definition) is 1. The van der Waals surface area contributed by atoms with Crippen molar-refractivity contribution in [1.29, 1.82) is 0 Å². The number of nitrogens with one attached hydrogen (secondary N) is 1. The average molecular weight is 254 g/mol. The number of nitrogens with zero attached hydrogens (tertiary/aromatic N) is 3. The molecule has 0 saturated carbocycles. The fourth-order valence-electron chi connectivity index (χ4n) is 1.98. The first-order valence-electron chi connectivity index (χ1n) is 6.11. The Balaban J connectivity index is 1.74. The molecule has 0 aliphatic carbocycles. The SMILES string of the molecule is Cc1nc(COCc2ncc[nH]2)nc2ccccc12. The number of fused-ring (bicyclic) bond motifs is 1. The number of rotatable bonds is 4. The second-order valence-electron chi connectivity index (χ2n) is 4.27. The number of imidazole rings is 1. The number of para-hydroxylation sites is 1. The van der Waals surface area contributed by atoms with Crippen molar-refractivity contribution in [2.45, 2.75) is 20.1 Å². The van der Waals surface area contributed by atoms with Gasteiger partial charge in [0, 0.05) is 23.5 Å². The molecule has 0 unspecified atom stereocenters. The maximum Gasteiger partial charge on any atom is 0.154 e. The highest BCUT2D eigenvalue weighted by Gasteiger charge is 2.04. The second kappa shape index (κ2) is 5.16. The number of benzene rings is 1. The second-order valence-corrected chi connectivity index (χ2v) is 4.27. The van der Waals surface area contributed by atoms with E-state index in [0.29, 0.717) is 19.0 Å². The van der Waals surface area contributed by atoms with Gasteiger partial charge in [-0.15, -0.1) is 0 Å². The molecule has 0 atom stereocenters. The number of ether oxygens (including phenoxy) is 1. The van der Waals surface area contributed by atoms with Crippen molar-refractivity contribution < 1.29 is 4.74 Å². The van der Waals surface area contributed by atoms with E-state index in [-0.39, 0.29) is 0 Å². The molecule has 0 bridgehead atoms. The minimum Gasteiger partial charge on any atom is -0.366 e. The molecule has 0 spiro atoms. The van der Waals surface area contributed by atoms with Gasteiger partial charge in [0.2, 0.25) is 0 Å². The summed E-state index contributed by atoms with van der Waals surface area (Å²) in [5, 5.41) is 1.08. The Morgan fingerprint density at radius 2 is 2.05 bits per heavy atom. The number of aromatic amines is 1. The summed E-state index contributed by atoms with van der Waals surface area (Å²) in [6, 6.07) is 7.98. The van der Waals surface area contributed by atoms with Gasteiger partial charge in [0.25, 0.3) is 0 Å². The smallest absolute Gasteiger partial charge is 0.154 e. The van der Waals surface area contributed by atoms with Crippen LogP contribution in [0.5, 0.6) is 0 Å². The highest BCUT2D eigenvalue weighted by Crippen LogP contribution is 2.14. The van der Waals surface area contributed by atoms with E-state index in [0.717, 1.165) is 22.4 Å². The van der Waals surface area contributed by atoms with Crippen molar-refractivity contribution in [2.75, 3.05) is 0 Å². The molecule has 0 fully saturated rings. The highest BCUT2D eigenvalue weighted by atomic mass is 16.5. The summed E-state index contributed by atoms with van der Waals surface area (Å²) in [5.74, 6) is 1.50. The van der Waals surface area contributed by atoms with Crippen LogP contribution >= 0.6 is 0 Å². The predicted octanol–water partition coefficient (Wildman–Crippen LogP) is 2.38. The van der Waals surface area contributed by atoms with Crippen LogP contribution in [-0.2, 0) is 18.0 Å². The summed E-state index contributed by atoms with van der Waals surface area (Å²) >= 11 is 0. The van der Waals surface area contributed by atoms with Crippen LogP contribution in [0.3, 0.4) is 0 Å². The third-order valence-electron chi connectivity index (χ3n) is 2.86. The molecule has 2 aromatic heterocycles. The van der Waals surface area contributed by atoms with E-state index < -0.39 is 0 Å². The molecular weight excluding hydrogens is 240 g/mol. The molecule has 3 rings (SSSR count). The van der Waals surface area contributed by atoms with E-state index >= 15 is 0 Å². The van der Waals surface area contributed by atoms with Crippen molar-refractivity contribution in [1.82, 2.24) is 19.9 Å². The number of H-pyrrole nitrogens is 1. The fraction of sp³-hybridized carbons (Fsp3) is 0.214. The largest absolute Gasteiger partial charge is 0.366 e. The van der Waals surface area contributed by atoms with E-state index in [9.17, 15) is 0 Å². The van der Waals surface area contributed by atoms with E-state index in [1.54, 1.807) is 12.4 Å². The minimum atomic E-state index is 0.381. The minimum absolute atomic E-state index is 0.381. The van der Waals surface area contributed by atoms with Crippen LogP contribution in [-0.4, -0.2) is 19.9 Å². The van der Waals surface area contributed by atoms with Crippen LogP contribution in [0, 0.1) is 6.92 Å². The number of aromatic nitrogens is 4. The number of hydrogen-bond acceptors (Lipinski definition) is 4. The van der Waals surface area contributed by atoms with Gasteiger partial charge in [0.15, 0.2) is 5.82 Å². The Bertz CT molecular complexity index is 679. The average Bonchev–Trinajstić information content (AvgIpc) is 2.92. The molecule has 5 nitrogen and oxygen atoms in total. The van der Waals surface area contributed by atoms with Crippen molar-refractivity contribution in [3.05, 3.63) is 54.0 Å². The van der Waals surface area contributed by atoms with Crippen LogP contribution in [0.1, 0.15) is 17.3 Å². The quantitative estimate of drug-likeness (QED) is 0.776. The lowest BCUT2D eigenvalue weighted by molar-refractivity contribution is 0.0971. The molecule has 1 N–H and O–H groups in total. The molecule has 1 aromatic carbocycles. The third-order valence-corrected chi connectivity index (χ3v) is 2.86. The van der Waals surface area contributed by atoms with E-state index in [4.69, 9.17) is 4.74 Å². The summed E-state index contributed by atoms with van der Waals surface area (Å²) in [4.78, 5) is 16.0. The van der Waals surface area contributed by atoms with Gasteiger partial charge in [-0.05, 0) is 13.0 Å². The standard InChI is InChI=1S/C14H14N4O/c1-10-11-4-2-3-5-12(11)18-14(17-10)9-19-8-13-15-6-7-16-13/h2-7H,8-9H2,1H3,(H,15,16). The van der Waals surface area contributed by atoms with Crippen molar-refractivity contribution in [2.24, 2.45) is 0 Å². The van der Waals surface area contributed by atoms with Gasteiger partial charge in [-0.1, -0.05) is 18.2 Å². The van der Waals surface area contributed by atoms with E-state index in [2.05, 4.69) is 19.9 Å². The summed E-state index contributed by atoms with van der Waals surface area (Å²) in [7, 11) is 0. The first-order valence-corrected chi connectivity index (χ1v) is 6.11. The number of aryl methyl sites for hydroxylation is 1. The summed E-state index contributed by atoms with van der Waals surface area (Å²) in [6.45, 7) is 2.80. The van der Waals surface area contributed by atoms with E-state index in [1.165, 1.54) is 0 Å². The zero-order valence-electron chi connectivity index (χ0n) is 10.6. The lowest BCUT2D eigenvalue weighted by atomic mass is 10.2. The molecule has 0 radical (unpaired) electrons. The van der Waals surface area contributed by atoms with E-state index in [1.807, 2.05) is 31.2 Å². The molecule has 2 heterocycles. The fourth-order valence-corrected chi connectivity index (χ4v) is 1.98. The zero-order valence-corrected chi connectivity index (χ0v) is 10.6. The van der Waals surface area contributed by atoms with Gasteiger partial charge in [0.05, 0.1) is 5.52 Å². The Labute approximate surface area is 110 Å². The van der Waals surface area contributed by atoms with Crippen molar-refractivity contribution in [3.8, 4) is 0 Å². The lowest BCUT2D eigenvalue weighted by Crippen LogP contribution is -2.02. The lowest BCUT2D eigenvalue weighted by Gasteiger charge is -2.05. The van der Waals surface area contributed by atoms with Gasteiger partial charge < -0.3 is 9.72 Å². The maximum atomic E-state index is 5.55. The van der Waals surface area contributed by atoms with Gasteiger partial charge in [-0.25, -0.2) is 15.0 Å². The Morgan fingerprint density at radius 3 is 2.89 bits per heavy atom. The highest BCUT2D eigenvalue weighted by molar-refractivity contribution is 5.80. The molecule has 0 amide bonds. The van der Waals surface area contributed by atoms with Crippen LogP contribution in [0.2, 0.25) is 0 Å². The predicted molar refractivity (Wildman–Crippen MR) is 71.4 cm³/mol. The van der Waals surface area contributed by atoms with Crippen molar-refractivity contribution in [3.63, 3.8) is 0 Å². The third kappa shape index (κ3) is 2.61. The van der Waals surface area contributed by atoms with Crippen LogP contribution in [0.15, 0.2) is 36.7 Å². The normalized spacial score (nSPS) is 11.0. The van der Waals surface area contributed by atoms with Gasteiger partial charge in [-0.2, -0.15) is 0 Å². The maximum absolute atomic E-state index is 5.55. The molecule has 0 saturated heterocycles. The first-order chi connectivity index (χ1) is 9.33. The molecule has 96 valence electrons. The first kappa shape index (κ1) is 11.8. The van der Waals surface area contributed by atoms with Crippen LogP contribution in [0.25, 0.3) is 10.9 Å². The van der Waals surface area contributed by atoms with Gasteiger partial charge in [0.1, 0.15) is 19.0 Å². The summed E-state index contributed by atoms with van der Waals surface area (Å²) in [6.07, 6.45) is 3.48. The van der Waals surface area contributed by atoms with Gasteiger partial charge >= 0.3 is 0 Å². The molecule has 19 heavy (non-hydrogen) atoms. The molecular formula is C14H14N4O. The van der Waals surface area contributed by atoms with Crippen molar-refractivity contribution >= 4 is 10.9 Å². The Morgan fingerprint density at radius 1 is 1.16 bits per heavy atom. The van der Waals surface area contributed by atoms with Crippen LogP contribution in [0.4, 0.5) is 0 Å². The van der Waals surface area contributed by atoms with Crippen LogP contribution < -0.4 is 0 Å². The van der Waals surface area contributed by atoms with Gasteiger partial charge in [-0.3, -0.25) is 0 Å². The molecule has 3 aromatic rings. The zero-order chi connectivity index (χ0) is 13.1. The molecule has 0 aliphatic rings. The summed E-state index contributed by atoms with van der Waals surface area (Å²) < 4.78 is 5.55. The Kier molecular flexibility index (Phi) is 3.20. The topological polar surface area (TPSA) is 63.7 Å². The molecule has 0 aliphatic heterocycles.